The standard InChI is InChI=1S/C21H32N4O3/c1-21(2,3)28-20(27)25-13-11-24(12-14-25)16-19(26)15-23(4)18-7-5-17(6-8-18)9-10-22/h5-8,19,26H,9,11-16H2,1-4H3. The Labute approximate surface area is 168 Å². The molecule has 2 rings (SSSR count). The van der Waals surface area contributed by atoms with Crippen molar-refractivity contribution >= 4 is 11.8 Å². The van der Waals surface area contributed by atoms with Crippen LogP contribution in [0.4, 0.5) is 10.5 Å². The molecule has 28 heavy (non-hydrogen) atoms. The number of β-amino-alcohol motifs (C(OH)–C–C–N with tert-alkyl or cyclic N) is 1. The number of amides is 1. The lowest BCUT2D eigenvalue weighted by atomic mass is 10.1. The number of piperazine rings is 1. The van der Waals surface area contributed by atoms with E-state index in [1.165, 1.54) is 0 Å². The molecular weight excluding hydrogens is 356 g/mol. The Morgan fingerprint density at radius 1 is 1.25 bits per heavy atom. The van der Waals surface area contributed by atoms with Crippen molar-refractivity contribution in [3.8, 4) is 6.07 Å². The van der Waals surface area contributed by atoms with Gasteiger partial charge in [0.15, 0.2) is 0 Å². The second-order valence-corrected chi connectivity index (χ2v) is 8.30. The van der Waals surface area contributed by atoms with Gasteiger partial charge in [0, 0.05) is 52.0 Å². The molecule has 0 aliphatic carbocycles. The molecule has 0 radical (unpaired) electrons. The zero-order valence-electron chi connectivity index (χ0n) is 17.4. The second kappa shape index (κ2) is 9.76. The molecule has 1 unspecified atom stereocenters. The number of aliphatic hydroxyl groups excluding tert-OH is 1. The first-order valence-electron chi connectivity index (χ1n) is 9.73. The minimum Gasteiger partial charge on any atom is -0.444 e. The molecule has 154 valence electrons. The molecule has 1 fully saturated rings. The Kier molecular flexibility index (Phi) is 7.67. The maximum Gasteiger partial charge on any atom is 0.410 e. The van der Waals surface area contributed by atoms with E-state index in [0.29, 0.717) is 32.6 Å². The SMILES string of the molecule is CN(CC(O)CN1CCN(C(=O)OC(C)(C)C)CC1)c1ccc(CC#N)cc1. The summed E-state index contributed by atoms with van der Waals surface area (Å²) < 4.78 is 5.41. The van der Waals surface area contributed by atoms with Crippen LogP contribution in [0.1, 0.15) is 26.3 Å². The van der Waals surface area contributed by atoms with E-state index in [0.717, 1.165) is 24.3 Å². The average Bonchev–Trinajstić information content (AvgIpc) is 2.61. The summed E-state index contributed by atoms with van der Waals surface area (Å²) in [5.41, 5.74) is 1.51. The van der Waals surface area contributed by atoms with E-state index in [1.807, 2.05) is 57.0 Å². The van der Waals surface area contributed by atoms with Crippen molar-refractivity contribution in [2.75, 3.05) is 51.2 Å². The molecule has 1 aliphatic heterocycles. The van der Waals surface area contributed by atoms with Crippen LogP contribution in [0.3, 0.4) is 0 Å². The van der Waals surface area contributed by atoms with E-state index in [-0.39, 0.29) is 6.09 Å². The van der Waals surface area contributed by atoms with Crippen LogP contribution < -0.4 is 4.90 Å². The molecule has 1 saturated heterocycles. The number of nitrogens with zero attached hydrogens (tertiary/aromatic N) is 4. The first kappa shape index (κ1) is 22.0. The third kappa shape index (κ3) is 7.02. The number of rotatable bonds is 6. The van der Waals surface area contributed by atoms with Gasteiger partial charge in [0.25, 0.3) is 0 Å². The smallest absolute Gasteiger partial charge is 0.410 e. The van der Waals surface area contributed by atoms with Crippen LogP contribution in [0.2, 0.25) is 0 Å². The molecule has 0 bridgehead atoms. The molecule has 1 aromatic rings. The van der Waals surface area contributed by atoms with Crippen LogP contribution in [0, 0.1) is 11.3 Å². The lowest BCUT2D eigenvalue weighted by Gasteiger charge is -2.36. The van der Waals surface area contributed by atoms with Crippen LogP contribution in [0.25, 0.3) is 0 Å². The van der Waals surface area contributed by atoms with Crippen molar-refractivity contribution in [2.45, 2.75) is 38.9 Å². The maximum atomic E-state index is 12.1. The van der Waals surface area contributed by atoms with Gasteiger partial charge in [0.2, 0.25) is 0 Å². The zero-order chi connectivity index (χ0) is 20.7. The summed E-state index contributed by atoms with van der Waals surface area (Å²) in [6, 6.07) is 9.97. The van der Waals surface area contributed by atoms with Crippen LogP contribution >= 0.6 is 0 Å². The molecule has 7 heteroatoms. The predicted molar refractivity (Wildman–Crippen MR) is 109 cm³/mol. The van der Waals surface area contributed by atoms with Gasteiger partial charge in [-0.2, -0.15) is 5.26 Å². The minimum atomic E-state index is -0.489. The number of likely N-dealkylation sites (N-methyl/N-ethyl adjacent to an activating group) is 1. The number of carbonyl (C=O) groups is 1. The normalized spacial score (nSPS) is 16.4. The Morgan fingerprint density at radius 2 is 1.86 bits per heavy atom. The summed E-state index contributed by atoms with van der Waals surface area (Å²) in [5.74, 6) is 0. The Balaban J connectivity index is 1.75. The van der Waals surface area contributed by atoms with E-state index in [9.17, 15) is 9.90 Å². The van der Waals surface area contributed by atoms with E-state index < -0.39 is 11.7 Å². The van der Waals surface area contributed by atoms with Gasteiger partial charge in [-0.15, -0.1) is 0 Å². The monoisotopic (exact) mass is 388 g/mol. The summed E-state index contributed by atoms with van der Waals surface area (Å²) >= 11 is 0. The van der Waals surface area contributed by atoms with Crippen molar-refractivity contribution < 1.29 is 14.6 Å². The van der Waals surface area contributed by atoms with Crippen molar-refractivity contribution in [3.63, 3.8) is 0 Å². The molecule has 1 aromatic carbocycles. The fourth-order valence-corrected chi connectivity index (χ4v) is 3.18. The third-order valence-corrected chi connectivity index (χ3v) is 4.64. The highest BCUT2D eigenvalue weighted by Gasteiger charge is 2.26. The summed E-state index contributed by atoms with van der Waals surface area (Å²) in [4.78, 5) is 18.0. The van der Waals surface area contributed by atoms with Crippen molar-refractivity contribution in [1.82, 2.24) is 9.80 Å². The van der Waals surface area contributed by atoms with Gasteiger partial charge < -0.3 is 19.6 Å². The van der Waals surface area contributed by atoms with Gasteiger partial charge in [0.1, 0.15) is 5.60 Å². The fourth-order valence-electron chi connectivity index (χ4n) is 3.18. The minimum absolute atomic E-state index is 0.271. The molecule has 0 aromatic heterocycles. The van der Waals surface area contributed by atoms with Gasteiger partial charge in [-0.25, -0.2) is 4.79 Å². The van der Waals surface area contributed by atoms with Gasteiger partial charge in [0.05, 0.1) is 18.6 Å². The quantitative estimate of drug-likeness (QED) is 0.804. The number of anilines is 1. The fraction of sp³-hybridized carbons (Fsp3) is 0.619. The Hall–Kier alpha value is -2.30. The predicted octanol–water partition coefficient (Wildman–Crippen LogP) is 2.10. The molecule has 7 nitrogen and oxygen atoms in total. The van der Waals surface area contributed by atoms with Crippen molar-refractivity contribution in [2.24, 2.45) is 0 Å². The molecule has 1 atom stereocenters. The van der Waals surface area contributed by atoms with Crippen LogP contribution in [-0.4, -0.2) is 79.0 Å². The van der Waals surface area contributed by atoms with Gasteiger partial charge in [-0.05, 0) is 38.5 Å². The number of carbonyl (C=O) groups excluding carboxylic acids is 1. The van der Waals surface area contributed by atoms with Crippen LogP contribution in [0.15, 0.2) is 24.3 Å². The van der Waals surface area contributed by atoms with Crippen LogP contribution in [-0.2, 0) is 11.2 Å². The number of benzene rings is 1. The highest BCUT2D eigenvalue weighted by molar-refractivity contribution is 5.68. The molecule has 0 spiro atoms. The second-order valence-electron chi connectivity index (χ2n) is 8.30. The summed E-state index contributed by atoms with van der Waals surface area (Å²) in [6.07, 6.45) is -0.355. The highest BCUT2D eigenvalue weighted by Crippen LogP contribution is 2.15. The van der Waals surface area contributed by atoms with E-state index in [2.05, 4.69) is 11.0 Å². The van der Waals surface area contributed by atoms with Gasteiger partial charge >= 0.3 is 6.09 Å². The number of ether oxygens (including phenoxy) is 1. The Morgan fingerprint density at radius 3 is 2.39 bits per heavy atom. The zero-order valence-corrected chi connectivity index (χ0v) is 17.4. The lowest BCUT2D eigenvalue weighted by Crippen LogP contribution is -2.52. The number of hydrogen-bond acceptors (Lipinski definition) is 6. The number of hydrogen-bond donors (Lipinski definition) is 1. The van der Waals surface area contributed by atoms with Gasteiger partial charge in [-0.3, -0.25) is 4.90 Å². The van der Waals surface area contributed by atoms with Crippen LogP contribution in [0.5, 0.6) is 0 Å². The molecule has 0 saturated carbocycles. The van der Waals surface area contributed by atoms with Gasteiger partial charge in [-0.1, -0.05) is 12.1 Å². The maximum absolute atomic E-state index is 12.1. The lowest BCUT2D eigenvalue weighted by molar-refractivity contribution is 0.0106. The molecule has 1 heterocycles. The molecular formula is C21H32N4O3. The largest absolute Gasteiger partial charge is 0.444 e. The van der Waals surface area contributed by atoms with E-state index in [4.69, 9.17) is 10.00 Å². The third-order valence-electron chi connectivity index (χ3n) is 4.64. The topological polar surface area (TPSA) is 80.0 Å². The van der Waals surface area contributed by atoms with Crippen molar-refractivity contribution in [3.05, 3.63) is 29.8 Å². The first-order valence-corrected chi connectivity index (χ1v) is 9.73. The van der Waals surface area contributed by atoms with E-state index >= 15 is 0 Å². The highest BCUT2D eigenvalue weighted by atomic mass is 16.6. The van der Waals surface area contributed by atoms with E-state index in [1.54, 1.807) is 4.90 Å². The Bertz CT molecular complexity index is 670. The first-order chi connectivity index (χ1) is 13.2. The van der Waals surface area contributed by atoms with Crippen molar-refractivity contribution in [1.29, 1.82) is 5.26 Å². The molecule has 1 N–H and O–H groups in total. The molecule has 1 amide bonds. The molecule has 1 aliphatic rings. The summed E-state index contributed by atoms with van der Waals surface area (Å²) in [6.45, 7) is 9.35. The average molecular weight is 389 g/mol. The number of aliphatic hydroxyl groups is 1. The summed E-state index contributed by atoms with van der Waals surface area (Å²) in [7, 11) is 1.95. The number of nitriles is 1. The summed E-state index contributed by atoms with van der Waals surface area (Å²) in [5, 5.41) is 19.2.